The molecule has 0 saturated heterocycles. The molecule has 0 spiro atoms. The average Bonchev–Trinajstić information content (AvgIpc) is 2.98. The summed E-state index contributed by atoms with van der Waals surface area (Å²) in [4.78, 5) is 14.4. The Labute approximate surface area is 163 Å². The first-order valence-corrected chi connectivity index (χ1v) is 8.73. The van der Waals surface area contributed by atoms with Crippen molar-refractivity contribution in [3.05, 3.63) is 82.9 Å². The van der Waals surface area contributed by atoms with Gasteiger partial charge in [-0.05, 0) is 36.8 Å². The third-order valence-corrected chi connectivity index (χ3v) is 4.38. The number of rotatable bonds is 5. The van der Waals surface area contributed by atoms with Crippen LogP contribution in [0.5, 0.6) is 5.75 Å². The van der Waals surface area contributed by atoms with E-state index in [0.29, 0.717) is 17.0 Å². The summed E-state index contributed by atoms with van der Waals surface area (Å²) in [5, 5.41) is 9.73. The van der Waals surface area contributed by atoms with Crippen LogP contribution in [-0.4, -0.2) is 29.5 Å². The summed E-state index contributed by atoms with van der Waals surface area (Å²) in [5.41, 5.74) is 2.54. The minimum Gasteiger partial charge on any atom is -0.486 e. The molecule has 142 valence electrons. The number of amides is 1. The van der Waals surface area contributed by atoms with Crippen molar-refractivity contribution in [3.63, 3.8) is 0 Å². The third-order valence-electron chi connectivity index (χ3n) is 4.38. The van der Waals surface area contributed by atoms with Gasteiger partial charge in [0.25, 0.3) is 5.91 Å². The summed E-state index contributed by atoms with van der Waals surface area (Å²) in [5.74, 6) is -0.354. The molecule has 1 aromatic heterocycles. The summed E-state index contributed by atoms with van der Waals surface area (Å²) >= 11 is 0. The van der Waals surface area contributed by atoms with Gasteiger partial charge in [-0.15, -0.1) is 0 Å². The van der Waals surface area contributed by atoms with Crippen LogP contribution >= 0.6 is 0 Å². The minimum absolute atomic E-state index is 0.238. The van der Waals surface area contributed by atoms with Crippen LogP contribution in [0.15, 0.2) is 54.6 Å². The van der Waals surface area contributed by atoms with Crippen molar-refractivity contribution in [2.24, 2.45) is 0 Å². The van der Waals surface area contributed by atoms with Gasteiger partial charge in [0.05, 0.1) is 0 Å². The van der Waals surface area contributed by atoms with E-state index in [2.05, 4.69) is 6.07 Å². The van der Waals surface area contributed by atoms with Crippen LogP contribution in [0.2, 0.25) is 0 Å². The van der Waals surface area contributed by atoms with Crippen molar-refractivity contribution in [3.8, 4) is 17.5 Å². The highest BCUT2D eigenvalue weighted by Gasteiger charge is 2.28. The predicted molar refractivity (Wildman–Crippen MR) is 104 cm³/mol. The molecule has 0 bridgehead atoms. The lowest BCUT2D eigenvalue weighted by molar-refractivity contribution is 0.0814. The van der Waals surface area contributed by atoms with Gasteiger partial charge in [0.15, 0.2) is 11.4 Å². The van der Waals surface area contributed by atoms with Gasteiger partial charge in [0.2, 0.25) is 0 Å². The van der Waals surface area contributed by atoms with Crippen molar-refractivity contribution in [1.29, 1.82) is 5.26 Å². The molecule has 1 heterocycles. The molecule has 0 N–H and O–H groups in total. The van der Waals surface area contributed by atoms with Gasteiger partial charge in [-0.25, -0.2) is 4.39 Å². The molecule has 6 heteroatoms. The molecule has 0 unspecified atom stereocenters. The summed E-state index contributed by atoms with van der Waals surface area (Å²) in [6.45, 7) is 2.00. The maximum Gasteiger partial charge on any atom is 0.274 e. The zero-order valence-corrected chi connectivity index (χ0v) is 15.9. The second-order valence-electron chi connectivity index (χ2n) is 6.55. The van der Waals surface area contributed by atoms with E-state index in [1.54, 1.807) is 21.0 Å². The Morgan fingerprint density at radius 2 is 1.79 bits per heavy atom. The van der Waals surface area contributed by atoms with E-state index in [-0.39, 0.29) is 23.9 Å². The molecule has 2 aromatic carbocycles. The largest absolute Gasteiger partial charge is 0.486 e. The van der Waals surface area contributed by atoms with E-state index in [0.717, 1.165) is 5.56 Å². The predicted octanol–water partition coefficient (Wildman–Crippen LogP) is 4.08. The first-order chi connectivity index (χ1) is 13.4. The fourth-order valence-corrected chi connectivity index (χ4v) is 2.96. The molecule has 5 nitrogen and oxygen atoms in total. The minimum atomic E-state index is -0.396. The molecular formula is C22H20FN3O2. The third kappa shape index (κ3) is 3.60. The van der Waals surface area contributed by atoms with E-state index >= 15 is 0 Å². The lowest BCUT2D eigenvalue weighted by atomic mass is 10.2. The highest BCUT2D eigenvalue weighted by atomic mass is 19.1. The second-order valence-corrected chi connectivity index (χ2v) is 6.55. The van der Waals surface area contributed by atoms with Gasteiger partial charge in [0.1, 0.15) is 24.2 Å². The fourth-order valence-electron chi connectivity index (χ4n) is 2.96. The number of carbonyl (C=O) groups is 1. The monoisotopic (exact) mass is 377 g/mol. The molecule has 0 radical (unpaired) electrons. The number of carbonyl (C=O) groups excluding carboxylic acids is 1. The van der Waals surface area contributed by atoms with Crippen LogP contribution < -0.4 is 4.74 Å². The van der Waals surface area contributed by atoms with Gasteiger partial charge < -0.3 is 9.64 Å². The van der Waals surface area contributed by atoms with E-state index in [1.807, 2.05) is 30.3 Å². The van der Waals surface area contributed by atoms with E-state index < -0.39 is 5.82 Å². The van der Waals surface area contributed by atoms with E-state index in [9.17, 15) is 14.4 Å². The molecule has 0 aliphatic heterocycles. The van der Waals surface area contributed by atoms with Crippen LogP contribution in [0.25, 0.3) is 5.69 Å². The van der Waals surface area contributed by atoms with Crippen molar-refractivity contribution in [1.82, 2.24) is 9.47 Å². The zero-order valence-electron chi connectivity index (χ0n) is 15.9. The molecule has 3 rings (SSSR count). The number of nitrogens with zero attached hydrogens (tertiary/aromatic N) is 3. The number of aromatic nitrogens is 1. The Kier molecular flexibility index (Phi) is 5.46. The number of nitriles is 1. The van der Waals surface area contributed by atoms with E-state index in [1.165, 1.54) is 33.7 Å². The number of ether oxygens (including phenoxy) is 1. The van der Waals surface area contributed by atoms with Gasteiger partial charge in [-0.2, -0.15) is 5.26 Å². The zero-order chi connectivity index (χ0) is 20.3. The molecule has 0 atom stereocenters. The summed E-state index contributed by atoms with van der Waals surface area (Å²) in [6, 6.07) is 17.4. The molecule has 0 aliphatic rings. The number of hydrogen-bond donors (Lipinski definition) is 0. The number of benzene rings is 2. The second kappa shape index (κ2) is 7.97. The molecule has 1 amide bonds. The van der Waals surface area contributed by atoms with Crippen LogP contribution in [0.4, 0.5) is 4.39 Å². The van der Waals surface area contributed by atoms with Gasteiger partial charge in [0, 0.05) is 25.3 Å². The lowest BCUT2D eigenvalue weighted by Gasteiger charge is -2.16. The van der Waals surface area contributed by atoms with Crippen LogP contribution in [-0.2, 0) is 6.61 Å². The Morgan fingerprint density at radius 1 is 1.14 bits per heavy atom. The van der Waals surface area contributed by atoms with E-state index in [4.69, 9.17) is 4.74 Å². The topological polar surface area (TPSA) is 58.3 Å². The SMILES string of the molecule is Cc1c(OCc2ccccc2)c(C(=O)N(C)C)n(-c2ccc(F)cc2)c1C#N. The first kappa shape index (κ1) is 19.2. The fraction of sp³-hybridized carbons (Fsp3) is 0.182. The maximum atomic E-state index is 13.4. The molecule has 28 heavy (non-hydrogen) atoms. The Balaban J connectivity index is 2.16. The lowest BCUT2D eigenvalue weighted by Crippen LogP contribution is -2.25. The molecule has 0 aliphatic carbocycles. The average molecular weight is 377 g/mol. The standard InChI is InChI=1S/C22H20FN3O2/c1-15-19(13-24)26(18-11-9-17(23)10-12-18)20(22(27)25(2)3)21(15)28-14-16-7-5-4-6-8-16/h4-12H,14H2,1-3H3. The first-order valence-electron chi connectivity index (χ1n) is 8.73. The molecule has 0 saturated carbocycles. The normalized spacial score (nSPS) is 10.4. The van der Waals surface area contributed by atoms with Crippen molar-refractivity contribution < 1.29 is 13.9 Å². The van der Waals surface area contributed by atoms with Gasteiger partial charge in [-0.1, -0.05) is 30.3 Å². The van der Waals surface area contributed by atoms with Gasteiger partial charge in [-0.3, -0.25) is 9.36 Å². The Hall–Kier alpha value is -3.59. The Bertz CT molecular complexity index is 1030. The van der Waals surface area contributed by atoms with Crippen molar-refractivity contribution >= 4 is 5.91 Å². The molecular weight excluding hydrogens is 357 g/mol. The van der Waals surface area contributed by atoms with Crippen molar-refractivity contribution in [2.75, 3.05) is 14.1 Å². The van der Waals surface area contributed by atoms with Crippen LogP contribution in [0.3, 0.4) is 0 Å². The summed E-state index contributed by atoms with van der Waals surface area (Å²) in [7, 11) is 3.26. The number of hydrogen-bond acceptors (Lipinski definition) is 3. The quantitative estimate of drug-likeness (QED) is 0.673. The smallest absolute Gasteiger partial charge is 0.274 e. The summed E-state index contributed by atoms with van der Waals surface area (Å²) < 4.78 is 20.9. The Morgan fingerprint density at radius 3 is 2.36 bits per heavy atom. The van der Waals surface area contributed by atoms with Crippen molar-refractivity contribution in [2.45, 2.75) is 13.5 Å². The molecule has 0 fully saturated rings. The highest BCUT2D eigenvalue weighted by molar-refractivity contribution is 5.97. The van der Waals surface area contributed by atoms with Crippen LogP contribution in [0.1, 0.15) is 27.3 Å². The number of halogens is 1. The summed E-state index contributed by atoms with van der Waals surface area (Å²) in [6.07, 6.45) is 0. The van der Waals surface area contributed by atoms with Crippen LogP contribution in [0, 0.1) is 24.1 Å². The highest BCUT2D eigenvalue weighted by Crippen LogP contribution is 2.34. The maximum absolute atomic E-state index is 13.4. The molecule has 3 aromatic rings. The van der Waals surface area contributed by atoms with Gasteiger partial charge >= 0.3 is 0 Å².